The number of hydrogen-bond acceptors (Lipinski definition) is 10. The van der Waals surface area contributed by atoms with E-state index < -0.39 is 16.2 Å². The number of fused-ring (bicyclic) bond motifs is 2. The molecule has 0 saturated carbocycles. The zero-order valence-electron chi connectivity index (χ0n) is 32.2. The molecule has 3 aromatic heterocycles. The molecule has 7 rings (SSSR count). The van der Waals surface area contributed by atoms with E-state index >= 15 is 0 Å². The lowest BCUT2D eigenvalue weighted by molar-refractivity contribution is 0.147. The highest BCUT2D eigenvalue weighted by atomic mass is 32.2. The number of nitrogens with zero attached hydrogens (tertiary/aromatic N) is 6. The second-order valence-electron chi connectivity index (χ2n) is 15.6. The van der Waals surface area contributed by atoms with Crippen LogP contribution in [0.25, 0.3) is 11.3 Å². The van der Waals surface area contributed by atoms with Crippen LogP contribution in [0.3, 0.4) is 0 Å². The van der Waals surface area contributed by atoms with E-state index in [0.717, 1.165) is 59.8 Å². The van der Waals surface area contributed by atoms with E-state index in [-0.39, 0.29) is 30.2 Å². The van der Waals surface area contributed by atoms with Crippen LogP contribution in [0.4, 0.5) is 16.6 Å². The van der Waals surface area contributed by atoms with Gasteiger partial charge in [0.25, 0.3) is 10.1 Å². The van der Waals surface area contributed by atoms with Crippen LogP contribution in [-0.2, 0) is 19.7 Å². The molecule has 14 nitrogen and oxygen atoms in total. The molecule has 292 valence electrons. The van der Waals surface area contributed by atoms with Crippen molar-refractivity contribution < 1.29 is 26.9 Å². The Balaban J connectivity index is 1.07. The topological polar surface area (TPSA) is 154 Å². The molecule has 2 amide bonds. The van der Waals surface area contributed by atoms with Gasteiger partial charge < -0.3 is 19.7 Å². The maximum atomic E-state index is 13.8. The van der Waals surface area contributed by atoms with Crippen molar-refractivity contribution in [3.05, 3.63) is 89.7 Å². The molecule has 0 spiro atoms. The highest BCUT2D eigenvalue weighted by molar-refractivity contribution is 7.85. The molecule has 2 aliphatic rings. The number of ether oxygens (including phenoxy) is 2. The molecule has 4 heterocycles. The summed E-state index contributed by atoms with van der Waals surface area (Å²) < 4.78 is 44.1. The zero-order chi connectivity index (χ0) is 38.9. The van der Waals surface area contributed by atoms with Gasteiger partial charge in [-0.1, -0.05) is 51.1 Å². The largest absolute Gasteiger partial charge is 0.488 e. The number of carbonyl (C=O) groups is 1. The van der Waals surface area contributed by atoms with Gasteiger partial charge in [0.15, 0.2) is 5.65 Å². The van der Waals surface area contributed by atoms with Crippen molar-refractivity contribution in [3.63, 3.8) is 0 Å². The van der Waals surface area contributed by atoms with Crippen LogP contribution in [0.2, 0.25) is 0 Å². The number of piperidine rings is 1. The van der Waals surface area contributed by atoms with E-state index in [9.17, 15) is 13.2 Å². The van der Waals surface area contributed by atoms with E-state index in [4.69, 9.17) is 18.8 Å². The lowest BCUT2D eigenvalue weighted by Gasteiger charge is -2.33. The molecule has 0 bridgehead atoms. The van der Waals surface area contributed by atoms with Gasteiger partial charge in [-0.25, -0.2) is 9.48 Å². The van der Waals surface area contributed by atoms with Crippen LogP contribution in [0.5, 0.6) is 11.5 Å². The van der Waals surface area contributed by atoms with Crippen molar-refractivity contribution >= 4 is 33.6 Å². The van der Waals surface area contributed by atoms with Crippen LogP contribution in [0, 0.1) is 0 Å². The van der Waals surface area contributed by atoms with Gasteiger partial charge in [-0.2, -0.15) is 13.5 Å². The number of hydrogen-bond donors (Lipinski definition) is 2. The number of nitrogens with one attached hydrogen (secondary N) is 2. The molecular formula is C40H50N8O6S. The van der Waals surface area contributed by atoms with E-state index in [2.05, 4.69) is 59.5 Å². The molecule has 5 aromatic rings. The van der Waals surface area contributed by atoms with Crippen molar-refractivity contribution in [3.8, 4) is 17.2 Å². The summed E-state index contributed by atoms with van der Waals surface area (Å²) in [5.74, 6) is 2.56. The number of pyridine rings is 1. The van der Waals surface area contributed by atoms with E-state index in [1.54, 1.807) is 23.7 Å². The summed E-state index contributed by atoms with van der Waals surface area (Å²) in [6.45, 7) is 11.0. The van der Waals surface area contributed by atoms with Crippen molar-refractivity contribution in [2.24, 2.45) is 0 Å². The van der Waals surface area contributed by atoms with Crippen molar-refractivity contribution in [1.29, 1.82) is 0 Å². The number of aromatic nitrogens is 5. The Morgan fingerprint density at radius 1 is 0.964 bits per heavy atom. The summed E-state index contributed by atoms with van der Waals surface area (Å²) in [5.41, 5.74) is 3.96. The van der Waals surface area contributed by atoms with E-state index in [0.29, 0.717) is 36.1 Å². The molecule has 1 fully saturated rings. The molecule has 1 saturated heterocycles. The quantitative estimate of drug-likeness (QED) is 0.133. The van der Waals surface area contributed by atoms with Gasteiger partial charge in [-0.15, -0.1) is 10.2 Å². The predicted molar refractivity (Wildman–Crippen MR) is 211 cm³/mol. The predicted octanol–water partition coefficient (Wildman–Crippen LogP) is 7.11. The summed E-state index contributed by atoms with van der Waals surface area (Å²) >= 11 is 0. The van der Waals surface area contributed by atoms with E-state index in [1.165, 1.54) is 6.42 Å². The molecule has 1 aliphatic carbocycles. The lowest BCUT2D eigenvalue weighted by atomic mass is 9.85. The Kier molecular flexibility index (Phi) is 10.8. The Bertz CT molecular complexity index is 2260. The van der Waals surface area contributed by atoms with Crippen LogP contribution >= 0.6 is 0 Å². The molecule has 4 atom stereocenters. The minimum atomic E-state index is -3.60. The van der Waals surface area contributed by atoms with Gasteiger partial charge in [-0.05, 0) is 81.3 Å². The SMILES string of the molecule is C[C@@H](COS(C)(=O)=O)Oc1cccc(-n2nc(C(C)(C)C)cc2NC(=O)N[C@H]2CC[C@@H](Oc3ccc4nnc(N5CCCC[C@@H]5C)n4c3)c3ccccc32)c1. The average molecular weight is 771 g/mol. The standard InChI is InChI=1S/C40H50N8O6S/c1-26-12-9-10-21-46(26)39-44-43-36-20-17-30(24-47(36)39)54-34-19-18-33(31-15-7-8-16-32(31)34)41-38(49)42-37-23-35(40(3,4)5)45-48(37)28-13-11-14-29(22-28)53-27(2)25-52-55(6,50)51/h7-8,11,13-17,20,22-24,26-27,33-34H,9-10,12,18-19,21,25H2,1-6H3,(H2,41,42,49)/t26-,27-,33-,34+/m0/s1. The molecule has 15 heteroatoms. The number of amides is 2. The minimum Gasteiger partial charge on any atom is -0.488 e. The smallest absolute Gasteiger partial charge is 0.320 e. The van der Waals surface area contributed by atoms with E-state index in [1.807, 2.05) is 59.1 Å². The monoisotopic (exact) mass is 770 g/mol. The fourth-order valence-corrected chi connectivity index (χ4v) is 7.66. The molecular weight excluding hydrogens is 721 g/mol. The maximum Gasteiger partial charge on any atom is 0.320 e. The third-order valence-electron chi connectivity index (χ3n) is 10.1. The Labute approximate surface area is 322 Å². The fourth-order valence-electron chi connectivity index (χ4n) is 7.23. The highest BCUT2D eigenvalue weighted by Crippen LogP contribution is 2.39. The Hall–Kier alpha value is -5.15. The number of benzene rings is 2. The second kappa shape index (κ2) is 15.5. The van der Waals surface area contributed by atoms with Crippen molar-refractivity contribution in [1.82, 2.24) is 29.7 Å². The average Bonchev–Trinajstić information content (AvgIpc) is 3.76. The molecule has 55 heavy (non-hydrogen) atoms. The van der Waals surface area contributed by atoms with Crippen molar-refractivity contribution in [2.75, 3.05) is 29.6 Å². The van der Waals surface area contributed by atoms with Crippen LogP contribution < -0.4 is 25.0 Å². The van der Waals surface area contributed by atoms with Gasteiger partial charge >= 0.3 is 6.03 Å². The summed E-state index contributed by atoms with van der Waals surface area (Å²) in [4.78, 5) is 16.1. The van der Waals surface area contributed by atoms with Gasteiger partial charge in [0.2, 0.25) is 5.95 Å². The maximum absolute atomic E-state index is 13.8. The molecule has 1 aliphatic heterocycles. The highest BCUT2D eigenvalue weighted by Gasteiger charge is 2.31. The first kappa shape index (κ1) is 38.1. The molecule has 2 N–H and O–H groups in total. The van der Waals surface area contributed by atoms with Gasteiger partial charge in [0.05, 0.1) is 29.9 Å². The molecule has 2 aromatic carbocycles. The molecule has 0 radical (unpaired) electrons. The van der Waals surface area contributed by atoms with Crippen LogP contribution in [0.15, 0.2) is 72.9 Å². The first-order chi connectivity index (χ1) is 26.2. The second-order valence-corrected chi connectivity index (χ2v) is 17.2. The summed E-state index contributed by atoms with van der Waals surface area (Å²) in [7, 11) is -3.60. The Morgan fingerprint density at radius 3 is 2.53 bits per heavy atom. The number of carbonyl (C=O) groups excluding carboxylic acids is 1. The summed E-state index contributed by atoms with van der Waals surface area (Å²) in [6, 6.07) is 20.9. The summed E-state index contributed by atoms with van der Waals surface area (Å²) in [6.07, 6.45) is 7.13. The number of rotatable bonds is 11. The summed E-state index contributed by atoms with van der Waals surface area (Å²) in [5, 5.41) is 20.1. The van der Waals surface area contributed by atoms with Gasteiger partial charge in [-0.3, -0.25) is 13.9 Å². The Morgan fingerprint density at radius 2 is 1.76 bits per heavy atom. The lowest BCUT2D eigenvalue weighted by Crippen LogP contribution is -2.38. The minimum absolute atomic E-state index is 0.124. The fraction of sp³-hybridized carbons (Fsp3) is 0.450. The van der Waals surface area contributed by atoms with Gasteiger partial charge in [0, 0.05) is 30.1 Å². The normalized spacial score (nSPS) is 19.5. The zero-order valence-corrected chi connectivity index (χ0v) is 33.0. The first-order valence-electron chi connectivity index (χ1n) is 18.9. The third-order valence-corrected chi connectivity index (χ3v) is 10.6. The molecule has 0 unspecified atom stereocenters. The number of urea groups is 1. The number of anilines is 2. The van der Waals surface area contributed by atoms with Crippen LogP contribution in [-0.4, -0.2) is 70.4 Å². The van der Waals surface area contributed by atoms with Crippen LogP contribution in [0.1, 0.15) is 95.7 Å². The first-order valence-corrected chi connectivity index (χ1v) is 20.7. The van der Waals surface area contributed by atoms with Gasteiger partial charge in [0.1, 0.15) is 36.1 Å². The van der Waals surface area contributed by atoms with Crippen molar-refractivity contribution in [2.45, 2.75) is 96.4 Å². The third kappa shape index (κ3) is 8.89.